The normalized spacial score (nSPS) is 19.1. The molecular weight excluding hydrogens is 354 g/mol. The van der Waals surface area contributed by atoms with Gasteiger partial charge in [-0.15, -0.1) is 5.10 Å². The van der Waals surface area contributed by atoms with Crippen molar-refractivity contribution in [1.82, 2.24) is 20.1 Å². The molecule has 0 bridgehead atoms. The van der Waals surface area contributed by atoms with Crippen LogP contribution in [0.15, 0.2) is 42.7 Å². The Morgan fingerprint density at radius 1 is 1.25 bits per heavy atom. The highest BCUT2D eigenvalue weighted by molar-refractivity contribution is 5.92. The minimum Gasteiger partial charge on any atom is -0.490 e. The lowest BCUT2D eigenvalue weighted by Crippen LogP contribution is -2.40. The van der Waals surface area contributed by atoms with Gasteiger partial charge in [0.15, 0.2) is 5.69 Å². The van der Waals surface area contributed by atoms with Gasteiger partial charge < -0.3 is 14.6 Å². The molecule has 2 heterocycles. The number of nitrogens with one attached hydrogen (secondary N) is 1. The van der Waals surface area contributed by atoms with Crippen molar-refractivity contribution in [2.45, 2.75) is 37.8 Å². The van der Waals surface area contributed by atoms with Gasteiger partial charge in [-0.3, -0.25) is 4.79 Å². The number of ether oxygens (including phenoxy) is 1. The van der Waals surface area contributed by atoms with Crippen molar-refractivity contribution in [3.63, 3.8) is 0 Å². The molecule has 1 fully saturated rings. The Hall–Kier alpha value is -3.40. The quantitative estimate of drug-likeness (QED) is 0.757. The van der Waals surface area contributed by atoms with Gasteiger partial charge in [-0.05, 0) is 56.0 Å². The number of aryl methyl sites for hydroxylation is 1. The minimum absolute atomic E-state index is 0.0982. The summed E-state index contributed by atoms with van der Waals surface area (Å²) in [5.41, 5.74) is 1.88. The first-order valence-electron chi connectivity index (χ1n) is 9.39. The Labute approximate surface area is 162 Å². The molecule has 0 aliphatic heterocycles. The fourth-order valence-electron chi connectivity index (χ4n) is 3.77. The highest BCUT2D eigenvalue weighted by Crippen LogP contribution is 2.32. The summed E-state index contributed by atoms with van der Waals surface area (Å²) in [7, 11) is 1.93. The van der Waals surface area contributed by atoms with Gasteiger partial charge in [0, 0.05) is 30.9 Å². The van der Waals surface area contributed by atoms with Crippen LogP contribution in [0.5, 0.6) is 5.75 Å². The second-order valence-corrected chi connectivity index (χ2v) is 7.09. The molecule has 2 aromatic heterocycles. The number of benzene rings is 1. The summed E-state index contributed by atoms with van der Waals surface area (Å²) in [5.74, 6) is 0.622. The Morgan fingerprint density at radius 3 is 2.79 bits per heavy atom. The first-order valence-corrected chi connectivity index (χ1v) is 9.39. The number of nitrogens with zero attached hydrogens (tertiary/aromatic N) is 4. The summed E-state index contributed by atoms with van der Waals surface area (Å²) in [4.78, 5) is 12.2. The molecule has 28 heavy (non-hydrogen) atoms. The molecule has 3 aromatic rings. The van der Waals surface area contributed by atoms with Gasteiger partial charge in [-0.1, -0.05) is 0 Å². The van der Waals surface area contributed by atoms with E-state index in [4.69, 9.17) is 4.74 Å². The van der Waals surface area contributed by atoms with Gasteiger partial charge >= 0.3 is 0 Å². The third-order valence-corrected chi connectivity index (χ3v) is 5.22. The maximum Gasteiger partial charge on any atom is 0.272 e. The van der Waals surface area contributed by atoms with Crippen LogP contribution in [-0.2, 0) is 7.05 Å². The largest absolute Gasteiger partial charge is 0.490 e. The Morgan fingerprint density at radius 2 is 2.07 bits per heavy atom. The monoisotopic (exact) mass is 375 g/mol. The van der Waals surface area contributed by atoms with E-state index in [9.17, 15) is 10.1 Å². The van der Waals surface area contributed by atoms with Gasteiger partial charge in [0.2, 0.25) is 0 Å². The second kappa shape index (κ2) is 7.69. The second-order valence-electron chi connectivity index (χ2n) is 7.09. The fraction of sp³-hybridized carbons (Fsp3) is 0.333. The SMILES string of the molecule is Cn1ccc2c(OC3CCC(NC(=O)c4cccnn4)CC3)ccc(C#N)c21. The maximum absolute atomic E-state index is 12.2. The zero-order valence-corrected chi connectivity index (χ0v) is 15.6. The summed E-state index contributed by atoms with van der Waals surface area (Å²) in [6, 6.07) is 11.4. The Balaban J connectivity index is 1.38. The molecule has 1 aliphatic carbocycles. The van der Waals surface area contributed by atoms with E-state index in [2.05, 4.69) is 21.6 Å². The number of carbonyl (C=O) groups is 1. The van der Waals surface area contributed by atoms with Gasteiger partial charge in [-0.25, -0.2) is 0 Å². The summed E-state index contributed by atoms with van der Waals surface area (Å²) < 4.78 is 8.21. The molecule has 7 heteroatoms. The van der Waals surface area contributed by atoms with Crippen LogP contribution in [0.4, 0.5) is 0 Å². The highest BCUT2D eigenvalue weighted by atomic mass is 16.5. The first kappa shape index (κ1) is 18.0. The molecule has 0 unspecified atom stereocenters. The molecule has 1 amide bonds. The lowest BCUT2D eigenvalue weighted by atomic mass is 9.92. The van der Waals surface area contributed by atoms with E-state index in [1.807, 2.05) is 36.0 Å². The summed E-state index contributed by atoms with van der Waals surface area (Å²) in [5, 5.41) is 20.9. The molecule has 0 spiro atoms. The summed E-state index contributed by atoms with van der Waals surface area (Å²) in [6.07, 6.45) is 7.01. The van der Waals surface area contributed by atoms with E-state index in [0.29, 0.717) is 11.3 Å². The number of aromatic nitrogens is 3. The van der Waals surface area contributed by atoms with Crippen molar-refractivity contribution in [3.8, 4) is 11.8 Å². The van der Waals surface area contributed by atoms with Crippen LogP contribution in [0.3, 0.4) is 0 Å². The lowest BCUT2D eigenvalue weighted by Gasteiger charge is -2.29. The van der Waals surface area contributed by atoms with Gasteiger partial charge in [0.1, 0.15) is 11.8 Å². The number of rotatable bonds is 4. The van der Waals surface area contributed by atoms with Crippen LogP contribution < -0.4 is 10.1 Å². The van der Waals surface area contributed by atoms with Crippen LogP contribution >= 0.6 is 0 Å². The number of amides is 1. The number of fused-ring (bicyclic) bond motifs is 1. The van der Waals surface area contributed by atoms with E-state index >= 15 is 0 Å². The van der Waals surface area contributed by atoms with Crippen LogP contribution in [0.25, 0.3) is 10.9 Å². The van der Waals surface area contributed by atoms with E-state index in [1.54, 1.807) is 18.3 Å². The molecular formula is C21H21N5O2. The first-order chi connectivity index (χ1) is 13.7. The third kappa shape index (κ3) is 3.54. The van der Waals surface area contributed by atoms with E-state index in [-0.39, 0.29) is 18.1 Å². The molecule has 1 N–H and O–H groups in total. The third-order valence-electron chi connectivity index (χ3n) is 5.22. The molecule has 0 atom stereocenters. The Bertz CT molecular complexity index is 1030. The molecule has 0 radical (unpaired) electrons. The molecule has 1 aliphatic rings. The zero-order valence-electron chi connectivity index (χ0n) is 15.6. The van der Waals surface area contributed by atoms with Crippen LogP contribution in [0.2, 0.25) is 0 Å². The predicted octanol–water partition coefficient (Wildman–Crippen LogP) is 2.96. The lowest BCUT2D eigenvalue weighted by molar-refractivity contribution is 0.0889. The highest BCUT2D eigenvalue weighted by Gasteiger charge is 2.25. The molecule has 1 aromatic carbocycles. The summed E-state index contributed by atoms with van der Waals surface area (Å²) >= 11 is 0. The smallest absolute Gasteiger partial charge is 0.272 e. The van der Waals surface area contributed by atoms with Crippen LogP contribution in [0, 0.1) is 11.3 Å². The molecule has 142 valence electrons. The van der Waals surface area contributed by atoms with Gasteiger partial charge in [0.05, 0.1) is 17.2 Å². The van der Waals surface area contributed by atoms with Crippen molar-refractivity contribution >= 4 is 16.8 Å². The fourth-order valence-corrected chi connectivity index (χ4v) is 3.77. The molecule has 7 nitrogen and oxygen atoms in total. The van der Waals surface area contributed by atoms with Crippen molar-refractivity contribution in [2.75, 3.05) is 0 Å². The zero-order chi connectivity index (χ0) is 19.5. The molecule has 4 rings (SSSR count). The van der Waals surface area contributed by atoms with Gasteiger partial charge in [-0.2, -0.15) is 10.4 Å². The predicted molar refractivity (Wildman–Crippen MR) is 104 cm³/mol. The van der Waals surface area contributed by atoms with Crippen LogP contribution in [0.1, 0.15) is 41.7 Å². The average molecular weight is 375 g/mol. The van der Waals surface area contributed by atoms with E-state index < -0.39 is 0 Å². The van der Waals surface area contributed by atoms with Crippen molar-refractivity contribution in [3.05, 3.63) is 54.0 Å². The Kier molecular flexibility index (Phi) is 4.94. The number of carbonyl (C=O) groups excluding carboxylic acids is 1. The topological polar surface area (TPSA) is 92.8 Å². The molecule has 1 saturated carbocycles. The number of nitriles is 1. The van der Waals surface area contributed by atoms with E-state index in [0.717, 1.165) is 42.3 Å². The molecule has 0 saturated heterocycles. The van der Waals surface area contributed by atoms with E-state index in [1.165, 1.54) is 0 Å². The number of hydrogen-bond donors (Lipinski definition) is 1. The maximum atomic E-state index is 12.2. The standard InChI is InChI=1S/C21H21N5O2/c1-26-12-10-17-19(9-4-14(13-22)20(17)26)28-16-7-5-15(6-8-16)24-21(27)18-3-2-11-23-25-18/h2-4,9-12,15-16H,5-8H2,1H3,(H,24,27). The van der Waals surface area contributed by atoms with Crippen LogP contribution in [-0.4, -0.2) is 32.8 Å². The van der Waals surface area contributed by atoms with Crippen molar-refractivity contribution < 1.29 is 9.53 Å². The average Bonchev–Trinajstić information content (AvgIpc) is 3.13. The van der Waals surface area contributed by atoms with Crippen molar-refractivity contribution in [2.24, 2.45) is 7.05 Å². The van der Waals surface area contributed by atoms with Gasteiger partial charge in [0.25, 0.3) is 5.91 Å². The minimum atomic E-state index is -0.185. The number of hydrogen-bond acceptors (Lipinski definition) is 5. The van der Waals surface area contributed by atoms with Crippen molar-refractivity contribution in [1.29, 1.82) is 5.26 Å². The summed E-state index contributed by atoms with van der Waals surface area (Å²) in [6.45, 7) is 0.